The number of benzene rings is 1. The lowest BCUT2D eigenvalue weighted by Crippen LogP contribution is -1.99. The zero-order chi connectivity index (χ0) is 16.7. The molecule has 124 valence electrons. The summed E-state index contributed by atoms with van der Waals surface area (Å²) in [5.41, 5.74) is 0.631. The van der Waals surface area contributed by atoms with Gasteiger partial charge in [-0.25, -0.2) is 0 Å². The Morgan fingerprint density at radius 1 is 1.39 bits per heavy atom. The minimum absolute atomic E-state index is 0.226. The Labute approximate surface area is 143 Å². The number of carbonyl (C=O) groups excluding carboxylic acids is 1. The third-order valence-corrected chi connectivity index (χ3v) is 4.17. The van der Waals surface area contributed by atoms with E-state index in [1.54, 1.807) is 12.1 Å². The van der Waals surface area contributed by atoms with Crippen molar-refractivity contribution in [3.63, 3.8) is 0 Å². The van der Waals surface area contributed by atoms with Gasteiger partial charge in [-0.15, -0.1) is 10.2 Å². The van der Waals surface area contributed by atoms with Gasteiger partial charge in [0, 0.05) is 12.2 Å². The molecule has 1 heterocycles. The van der Waals surface area contributed by atoms with Crippen molar-refractivity contribution in [3.05, 3.63) is 23.2 Å². The zero-order valence-electron chi connectivity index (χ0n) is 12.9. The fraction of sp³-hybridized carbons (Fsp3) is 0.400. The molecule has 0 aliphatic rings. The first-order valence-corrected chi connectivity index (χ1v) is 8.46. The van der Waals surface area contributed by atoms with Crippen LogP contribution in [0.15, 0.2) is 27.8 Å². The number of aromatic nitrogens is 2. The quantitative estimate of drug-likeness (QED) is 0.404. The summed E-state index contributed by atoms with van der Waals surface area (Å²) in [4.78, 5) is 11.0. The van der Waals surface area contributed by atoms with Crippen molar-refractivity contribution in [3.8, 4) is 17.2 Å². The topological polar surface area (TPSA) is 74.5 Å². The van der Waals surface area contributed by atoms with Gasteiger partial charge >= 0.3 is 5.97 Å². The molecule has 0 unspecified atom stereocenters. The van der Waals surface area contributed by atoms with Crippen molar-refractivity contribution < 1.29 is 18.7 Å². The van der Waals surface area contributed by atoms with Crippen LogP contribution in [-0.2, 0) is 9.53 Å². The highest BCUT2D eigenvalue weighted by molar-refractivity contribution is 7.99. The first kappa shape index (κ1) is 17.6. The molecule has 8 heteroatoms. The molecule has 6 nitrogen and oxygen atoms in total. The van der Waals surface area contributed by atoms with Crippen LogP contribution in [0.2, 0.25) is 5.02 Å². The van der Waals surface area contributed by atoms with E-state index >= 15 is 0 Å². The van der Waals surface area contributed by atoms with E-state index in [4.69, 9.17) is 20.8 Å². The molecule has 23 heavy (non-hydrogen) atoms. The molecule has 0 spiro atoms. The van der Waals surface area contributed by atoms with Crippen molar-refractivity contribution >= 4 is 29.3 Å². The molecule has 2 aromatic rings. The number of carbonyl (C=O) groups is 1. The Balaban J connectivity index is 1.99. The number of methoxy groups -OCH3 is 1. The Morgan fingerprint density at radius 2 is 2.22 bits per heavy atom. The summed E-state index contributed by atoms with van der Waals surface area (Å²) in [5.74, 6) is 1.38. The summed E-state index contributed by atoms with van der Waals surface area (Å²) in [7, 11) is 1.37. The number of thioether (sulfide) groups is 1. The third-order valence-electron chi connectivity index (χ3n) is 2.88. The highest BCUT2D eigenvalue weighted by Crippen LogP contribution is 2.35. The molecule has 0 aliphatic carbocycles. The van der Waals surface area contributed by atoms with Gasteiger partial charge in [-0.1, -0.05) is 29.4 Å². The van der Waals surface area contributed by atoms with Crippen molar-refractivity contribution in [1.29, 1.82) is 0 Å². The SMILES string of the molecule is CCOc1cccc(-c2nnc(SCCCC(=O)OC)o2)c1Cl. The Bertz CT molecular complexity index is 663. The monoisotopic (exact) mass is 356 g/mol. The molecule has 2 rings (SSSR count). The standard InChI is InChI=1S/C15H17ClN2O4S/c1-3-21-11-7-4-6-10(13(11)16)14-17-18-15(22-14)23-9-5-8-12(19)20-2/h4,6-7H,3,5,8-9H2,1-2H3. The lowest BCUT2D eigenvalue weighted by molar-refractivity contribution is -0.140. The van der Waals surface area contributed by atoms with Crippen LogP contribution in [-0.4, -0.2) is 35.6 Å². The van der Waals surface area contributed by atoms with Gasteiger partial charge < -0.3 is 13.9 Å². The van der Waals surface area contributed by atoms with Crippen molar-refractivity contribution in [1.82, 2.24) is 10.2 Å². The van der Waals surface area contributed by atoms with E-state index in [1.165, 1.54) is 18.9 Å². The molecule has 0 radical (unpaired) electrons. The van der Waals surface area contributed by atoms with Crippen LogP contribution in [0.3, 0.4) is 0 Å². The maximum atomic E-state index is 11.0. The Morgan fingerprint density at radius 3 is 2.96 bits per heavy atom. The van der Waals surface area contributed by atoms with E-state index in [9.17, 15) is 4.79 Å². The average molecular weight is 357 g/mol. The van der Waals surface area contributed by atoms with Crippen LogP contribution in [0.25, 0.3) is 11.5 Å². The van der Waals surface area contributed by atoms with Crippen LogP contribution in [0.1, 0.15) is 19.8 Å². The molecule has 0 atom stereocenters. The summed E-state index contributed by atoms with van der Waals surface area (Å²) in [6.07, 6.45) is 1.04. The van der Waals surface area contributed by atoms with Crippen molar-refractivity contribution in [2.75, 3.05) is 19.5 Å². The number of hydrogen-bond acceptors (Lipinski definition) is 7. The van der Waals surface area contributed by atoms with Gasteiger partial charge in [0.1, 0.15) is 5.75 Å². The van der Waals surface area contributed by atoms with E-state index in [2.05, 4.69) is 14.9 Å². The molecule has 0 N–H and O–H groups in total. The lowest BCUT2D eigenvalue weighted by atomic mass is 10.2. The first-order chi connectivity index (χ1) is 11.2. The number of nitrogens with zero attached hydrogens (tertiary/aromatic N) is 2. The predicted octanol–water partition coefficient (Wildman–Crippen LogP) is 3.83. The van der Waals surface area contributed by atoms with Crippen molar-refractivity contribution in [2.24, 2.45) is 0 Å². The van der Waals surface area contributed by atoms with Gasteiger partial charge in [-0.3, -0.25) is 4.79 Å². The molecule has 0 amide bonds. The lowest BCUT2D eigenvalue weighted by Gasteiger charge is -2.07. The fourth-order valence-corrected chi connectivity index (χ4v) is 2.76. The summed E-state index contributed by atoms with van der Waals surface area (Å²) in [6.45, 7) is 2.41. The zero-order valence-corrected chi connectivity index (χ0v) is 14.4. The number of esters is 1. The van der Waals surface area contributed by atoms with Gasteiger partial charge in [-0.05, 0) is 25.5 Å². The minimum atomic E-state index is -0.226. The number of halogens is 1. The molecule has 1 aromatic carbocycles. The smallest absolute Gasteiger partial charge is 0.305 e. The largest absolute Gasteiger partial charge is 0.492 e. The minimum Gasteiger partial charge on any atom is -0.492 e. The number of hydrogen-bond donors (Lipinski definition) is 0. The van der Waals surface area contributed by atoms with Crippen LogP contribution in [0.5, 0.6) is 5.75 Å². The second-order valence-corrected chi connectivity index (χ2v) is 5.88. The normalized spacial score (nSPS) is 10.6. The van der Waals surface area contributed by atoms with Gasteiger partial charge in [0.2, 0.25) is 5.89 Å². The van der Waals surface area contributed by atoms with E-state index in [-0.39, 0.29) is 5.97 Å². The number of ether oxygens (including phenoxy) is 2. The summed E-state index contributed by atoms with van der Waals surface area (Å²) in [6, 6.07) is 5.40. The van der Waals surface area contributed by atoms with E-state index in [0.29, 0.717) is 52.7 Å². The van der Waals surface area contributed by atoms with Crippen molar-refractivity contribution in [2.45, 2.75) is 25.0 Å². The maximum absolute atomic E-state index is 11.0. The van der Waals surface area contributed by atoms with E-state index in [0.717, 1.165) is 0 Å². The Hall–Kier alpha value is -1.73. The highest BCUT2D eigenvalue weighted by atomic mass is 35.5. The molecule has 0 bridgehead atoms. The van der Waals surface area contributed by atoms with E-state index in [1.807, 2.05) is 13.0 Å². The fourth-order valence-electron chi connectivity index (χ4n) is 1.80. The van der Waals surface area contributed by atoms with Crippen LogP contribution in [0, 0.1) is 0 Å². The van der Waals surface area contributed by atoms with Crippen LogP contribution >= 0.6 is 23.4 Å². The van der Waals surface area contributed by atoms with Crippen LogP contribution < -0.4 is 4.74 Å². The molecule has 0 saturated carbocycles. The molecule has 0 aliphatic heterocycles. The maximum Gasteiger partial charge on any atom is 0.305 e. The number of rotatable bonds is 8. The van der Waals surface area contributed by atoms with Crippen LogP contribution in [0.4, 0.5) is 0 Å². The van der Waals surface area contributed by atoms with Gasteiger partial charge in [0.05, 0.1) is 24.3 Å². The molecule has 0 fully saturated rings. The molecular formula is C15H17ClN2O4S. The molecular weight excluding hydrogens is 340 g/mol. The summed E-state index contributed by atoms with van der Waals surface area (Å²) >= 11 is 7.68. The van der Waals surface area contributed by atoms with E-state index < -0.39 is 0 Å². The van der Waals surface area contributed by atoms with Gasteiger partial charge in [0.25, 0.3) is 5.22 Å². The second-order valence-electron chi connectivity index (χ2n) is 4.45. The predicted molar refractivity (Wildman–Crippen MR) is 87.9 cm³/mol. The van der Waals surface area contributed by atoms with Gasteiger partial charge in [0.15, 0.2) is 0 Å². The summed E-state index contributed by atoms with van der Waals surface area (Å²) in [5, 5.41) is 8.86. The van der Waals surface area contributed by atoms with Gasteiger partial charge in [-0.2, -0.15) is 0 Å². The molecule has 0 saturated heterocycles. The third kappa shape index (κ3) is 4.87. The first-order valence-electron chi connectivity index (χ1n) is 7.10. The Kier molecular flexibility index (Phi) is 6.73. The average Bonchev–Trinajstić information content (AvgIpc) is 3.02. The highest BCUT2D eigenvalue weighted by Gasteiger charge is 2.15. The molecule has 1 aromatic heterocycles. The second kappa shape index (κ2) is 8.79. The summed E-state index contributed by atoms with van der Waals surface area (Å²) < 4.78 is 15.6.